The highest BCUT2D eigenvalue weighted by atomic mass is 15.1. The zero-order chi connectivity index (χ0) is 13.7. The Bertz CT molecular complexity index is 361. The van der Waals surface area contributed by atoms with Gasteiger partial charge in [0.2, 0.25) is 0 Å². The molecule has 1 aromatic rings. The SMILES string of the molecule is CCN(CC)c1ccc([C@H](N)C2CCCCC2)cc1. The number of anilines is 1. The second-order valence-corrected chi connectivity index (χ2v) is 5.69. The van der Waals surface area contributed by atoms with Crippen molar-refractivity contribution < 1.29 is 0 Å². The minimum atomic E-state index is 0.228. The van der Waals surface area contributed by atoms with Crippen molar-refractivity contribution in [3.63, 3.8) is 0 Å². The van der Waals surface area contributed by atoms with Crippen LogP contribution in [0.25, 0.3) is 0 Å². The summed E-state index contributed by atoms with van der Waals surface area (Å²) < 4.78 is 0. The van der Waals surface area contributed by atoms with E-state index in [0.29, 0.717) is 5.92 Å². The van der Waals surface area contributed by atoms with Gasteiger partial charge in [0.1, 0.15) is 0 Å². The lowest BCUT2D eigenvalue weighted by Crippen LogP contribution is -2.24. The highest BCUT2D eigenvalue weighted by Gasteiger charge is 2.21. The van der Waals surface area contributed by atoms with Crippen molar-refractivity contribution in [1.29, 1.82) is 0 Å². The highest BCUT2D eigenvalue weighted by Crippen LogP contribution is 2.33. The fourth-order valence-electron chi connectivity index (χ4n) is 3.26. The molecule has 1 fully saturated rings. The maximum absolute atomic E-state index is 6.45. The summed E-state index contributed by atoms with van der Waals surface area (Å²) in [5, 5.41) is 0. The molecule has 0 amide bonds. The minimum absolute atomic E-state index is 0.228. The zero-order valence-electron chi connectivity index (χ0n) is 12.4. The molecule has 2 heteroatoms. The fraction of sp³-hybridized carbons (Fsp3) is 0.647. The number of hydrogen-bond donors (Lipinski definition) is 1. The Kier molecular flexibility index (Phi) is 5.26. The molecule has 2 nitrogen and oxygen atoms in total. The van der Waals surface area contributed by atoms with Crippen LogP contribution in [0.4, 0.5) is 5.69 Å². The Hall–Kier alpha value is -1.02. The predicted octanol–water partition coefficient (Wildman–Crippen LogP) is 4.11. The van der Waals surface area contributed by atoms with Crippen LogP contribution in [0, 0.1) is 5.92 Å². The summed E-state index contributed by atoms with van der Waals surface area (Å²) in [5.74, 6) is 0.688. The molecule has 19 heavy (non-hydrogen) atoms. The predicted molar refractivity (Wildman–Crippen MR) is 83.5 cm³/mol. The van der Waals surface area contributed by atoms with Crippen LogP contribution in [0.3, 0.4) is 0 Å². The zero-order valence-corrected chi connectivity index (χ0v) is 12.4. The molecular weight excluding hydrogens is 232 g/mol. The molecule has 1 aromatic carbocycles. The van der Waals surface area contributed by atoms with Gasteiger partial charge in [0.05, 0.1) is 0 Å². The van der Waals surface area contributed by atoms with Crippen LogP contribution in [0.5, 0.6) is 0 Å². The number of rotatable bonds is 5. The molecule has 0 saturated heterocycles. The van der Waals surface area contributed by atoms with E-state index < -0.39 is 0 Å². The Balaban J connectivity index is 2.04. The van der Waals surface area contributed by atoms with E-state index in [1.165, 1.54) is 43.4 Å². The lowest BCUT2D eigenvalue weighted by molar-refractivity contribution is 0.308. The molecule has 0 spiro atoms. The van der Waals surface area contributed by atoms with Crippen molar-refractivity contribution in [1.82, 2.24) is 0 Å². The van der Waals surface area contributed by atoms with Crippen LogP contribution in [-0.4, -0.2) is 13.1 Å². The molecule has 0 unspecified atom stereocenters. The topological polar surface area (TPSA) is 29.3 Å². The average molecular weight is 260 g/mol. The minimum Gasteiger partial charge on any atom is -0.372 e. The summed E-state index contributed by atoms with van der Waals surface area (Å²) in [6, 6.07) is 9.14. The molecule has 2 N–H and O–H groups in total. The Morgan fingerprint density at radius 2 is 1.63 bits per heavy atom. The van der Waals surface area contributed by atoms with Crippen molar-refractivity contribution >= 4 is 5.69 Å². The Labute approximate surface area is 118 Å². The van der Waals surface area contributed by atoms with Crippen LogP contribution in [-0.2, 0) is 0 Å². The van der Waals surface area contributed by atoms with Crippen molar-refractivity contribution in [3.8, 4) is 0 Å². The summed E-state index contributed by atoms with van der Waals surface area (Å²) in [7, 11) is 0. The Morgan fingerprint density at radius 1 is 1.05 bits per heavy atom. The maximum atomic E-state index is 6.45. The monoisotopic (exact) mass is 260 g/mol. The molecule has 1 saturated carbocycles. The molecule has 2 rings (SSSR count). The van der Waals surface area contributed by atoms with Gasteiger partial charge in [-0.2, -0.15) is 0 Å². The van der Waals surface area contributed by atoms with Crippen LogP contribution in [0.1, 0.15) is 57.6 Å². The van der Waals surface area contributed by atoms with Crippen LogP contribution in [0.2, 0.25) is 0 Å². The summed E-state index contributed by atoms with van der Waals surface area (Å²) in [4.78, 5) is 2.37. The van der Waals surface area contributed by atoms with E-state index in [-0.39, 0.29) is 6.04 Å². The van der Waals surface area contributed by atoms with Gasteiger partial charge in [-0.15, -0.1) is 0 Å². The molecule has 1 atom stereocenters. The molecule has 0 aromatic heterocycles. The lowest BCUT2D eigenvalue weighted by atomic mass is 9.81. The van der Waals surface area contributed by atoms with Gasteiger partial charge in [0.15, 0.2) is 0 Å². The third kappa shape index (κ3) is 3.50. The van der Waals surface area contributed by atoms with E-state index >= 15 is 0 Å². The number of nitrogens with two attached hydrogens (primary N) is 1. The first-order chi connectivity index (χ1) is 9.26. The van der Waals surface area contributed by atoms with Gasteiger partial charge < -0.3 is 10.6 Å². The summed E-state index contributed by atoms with van der Waals surface area (Å²) >= 11 is 0. The standard InChI is InChI=1S/C17H28N2/c1-3-19(4-2)16-12-10-15(11-13-16)17(18)14-8-6-5-7-9-14/h10-14,17H,3-9,18H2,1-2H3/t17-/m1/s1. The van der Waals surface area contributed by atoms with Crippen molar-refractivity contribution in [2.24, 2.45) is 11.7 Å². The van der Waals surface area contributed by atoms with Gasteiger partial charge >= 0.3 is 0 Å². The van der Waals surface area contributed by atoms with E-state index in [1.54, 1.807) is 0 Å². The summed E-state index contributed by atoms with van der Waals surface area (Å²) in [5.41, 5.74) is 9.07. The smallest absolute Gasteiger partial charge is 0.0366 e. The van der Waals surface area contributed by atoms with E-state index in [9.17, 15) is 0 Å². The van der Waals surface area contributed by atoms with Crippen molar-refractivity contribution in [2.75, 3.05) is 18.0 Å². The summed E-state index contributed by atoms with van der Waals surface area (Å²) in [6.07, 6.45) is 6.72. The van der Waals surface area contributed by atoms with E-state index in [2.05, 4.69) is 43.0 Å². The largest absolute Gasteiger partial charge is 0.372 e. The van der Waals surface area contributed by atoms with Crippen molar-refractivity contribution in [3.05, 3.63) is 29.8 Å². The molecule has 0 bridgehead atoms. The average Bonchev–Trinajstić information content (AvgIpc) is 2.49. The van der Waals surface area contributed by atoms with Gasteiger partial charge in [0, 0.05) is 24.8 Å². The molecular formula is C17H28N2. The molecule has 0 heterocycles. The lowest BCUT2D eigenvalue weighted by Gasteiger charge is -2.28. The van der Waals surface area contributed by atoms with Gasteiger partial charge in [-0.05, 0) is 50.3 Å². The summed E-state index contributed by atoms with van der Waals surface area (Å²) in [6.45, 7) is 6.52. The van der Waals surface area contributed by atoms with Gasteiger partial charge in [-0.1, -0.05) is 31.4 Å². The molecule has 1 aliphatic carbocycles. The van der Waals surface area contributed by atoms with Gasteiger partial charge in [0.25, 0.3) is 0 Å². The third-order valence-electron chi connectivity index (χ3n) is 4.56. The van der Waals surface area contributed by atoms with Crippen LogP contribution < -0.4 is 10.6 Å². The first kappa shape index (κ1) is 14.4. The quantitative estimate of drug-likeness (QED) is 0.863. The van der Waals surface area contributed by atoms with E-state index in [4.69, 9.17) is 5.73 Å². The fourth-order valence-corrected chi connectivity index (χ4v) is 3.26. The van der Waals surface area contributed by atoms with Crippen molar-refractivity contribution in [2.45, 2.75) is 52.0 Å². The number of nitrogens with zero attached hydrogens (tertiary/aromatic N) is 1. The Morgan fingerprint density at radius 3 is 2.16 bits per heavy atom. The first-order valence-corrected chi connectivity index (χ1v) is 7.86. The molecule has 106 valence electrons. The second-order valence-electron chi connectivity index (χ2n) is 5.69. The normalized spacial score (nSPS) is 18.3. The van der Waals surface area contributed by atoms with Gasteiger partial charge in [-0.3, -0.25) is 0 Å². The maximum Gasteiger partial charge on any atom is 0.0366 e. The van der Waals surface area contributed by atoms with Crippen LogP contribution >= 0.6 is 0 Å². The highest BCUT2D eigenvalue weighted by molar-refractivity contribution is 5.47. The number of benzene rings is 1. The van der Waals surface area contributed by atoms with E-state index in [1.807, 2.05) is 0 Å². The van der Waals surface area contributed by atoms with Crippen LogP contribution in [0.15, 0.2) is 24.3 Å². The second kappa shape index (κ2) is 6.95. The number of hydrogen-bond acceptors (Lipinski definition) is 2. The molecule has 1 aliphatic rings. The third-order valence-corrected chi connectivity index (χ3v) is 4.56. The molecule has 0 aliphatic heterocycles. The first-order valence-electron chi connectivity index (χ1n) is 7.86. The van der Waals surface area contributed by atoms with E-state index in [0.717, 1.165) is 13.1 Å². The van der Waals surface area contributed by atoms with Gasteiger partial charge in [-0.25, -0.2) is 0 Å². The molecule has 0 radical (unpaired) electrons.